The second kappa shape index (κ2) is 13.9. The summed E-state index contributed by atoms with van der Waals surface area (Å²) in [5.41, 5.74) is 6.23. The Hall–Kier alpha value is -3.40. The number of aromatic nitrogens is 2. The molecule has 238 valence electrons. The topological polar surface area (TPSA) is 85.4 Å². The molecule has 0 saturated heterocycles. The van der Waals surface area contributed by atoms with E-state index in [-0.39, 0.29) is 24.2 Å². The molecule has 2 aromatic heterocycles. The van der Waals surface area contributed by atoms with E-state index in [4.69, 9.17) is 9.47 Å². The summed E-state index contributed by atoms with van der Waals surface area (Å²) in [7, 11) is 0. The SMILES string of the molecule is CC(C)(C)C1CCC(C(=O)NCCOCCOc2cc(F)ccc2-c2nnc(-c3ccc4c(c3)CCNC4)c3ccsc23)CC1. The lowest BCUT2D eigenvalue weighted by Crippen LogP contribution is -2.36. The molecule has 1 aliphatic carbocycles. The maximum Gasteiger partial charge on any atom is 0.223 e. The van der Waals surface area contributed by atoms with Crippen molar-refractivity contribution in [2.24, 2.45) is 17.3 Å². The molecule has 0 spiro atoms. The summed E-state index contributed by atoms with van der Waals surface area (Å²) in [5, 5.41) is 18.8. The molecule has 3 heterocycles. The molecular weight excluding hydrogens is 587 g/mol. The highest BCUT2D eigenvalue weighted by Crippen LogP contribution is 2.41. The summed E-state index contributed by atoms with van der Waals surface area (Å²) >= 11 is 1.59. The van der Waals surface area contributed by atoms with Crippen molar-refractivity contribution in [1.82, 2.24) is 20.8 Å². The average Bonchev–Trinajstić information content (AvgIpc) is 3.54. The maximum atomic E-state index is 14.3. The number of nitrogens with one attached hydrogen (secondary N) is 2. The van der Waals surface area contributed by atoms with Crippen LogP contribution in [0.2, 0.25) is 0 Å². The number of amides is 1. The van der Waals surface area contributed by atoms with Gasteiger partial charge in [-0.05, 0) is 90.8 Å². The van der Waals surface area contributed by atoms with Crippen LogP contribution in [0.5, 0.6) is 5.75 Å². The largest absolute Gasteiger partial charge is 0.490 e. The zero-order valence-electron chi connectivity index (χ0n) is 26.5. The van der Waals surface area contributed by atoms with Crippen LogP contribution in [0.1, 0.15) is 57.6 Å². The van der Waals surface area contributed by atoms with Gasteiger partial charge in [0, 0.05) is 41.6 Å². The molecule has 1 saturated carbocycles. The van der Waals surface area contributed by atoms with Gasteiger partial charge in [-0.25, -0.2) is 4.39 Å². The molecule has 4 aromatic rings. The fourth-order valence-corrected chi connectivity index (χ4v) is 7.52. The number of hydrogen-bond donors (Lipinski definition) is 2. The standard InChI is InChI=1S/C36H43FN4O3S/c1-36(2,3)27-8-6-23(7-9-27)35(42)39-15-16-43-17-18-44-31-21-28(37)10-11-29(31)33-34-30(13-19-45-34)32(40-41-33)25-4-5-26-22-38-14-12-24(26)20-25/h4-5,10-11,13,19-21,23,27,38H,6-9,12,14-18,22H2,1-3H3,(H,39,42). The molecule has 45 heavy (non-hydrogen) atoms. The summed E-state index contributed by atoms with van der Waals surface area (Å²) in [6, 6.07) is 13.1. The Kier molecular flexibility index (Phi) is 9.78. The number of benzene rings is 2. The van der Waals surface area contributed by atoms with Gasteiger partial charge in [0.15, 0.2) is 0 Å². The highest BCUT2D eigenvalue weighted by Gasteiger charge is 2.32. The maximum absolute atomic E-state index is 14.3. The Morgan fingerprint density at radius 3 is 2.64 bits per heavy atom. The molecule has 1 amide bonds. The van der Waals surface area contributed by atoms with Gasteiger partial charge in [-0.2, -0.15) is 0 Å². The third kappa shape index (κ3) is 7.37. The monoisotopic (exact) mass is 630 g/mol. The average molecular weight is 631 g/mol. The molecule has 2 aromatic carbocycles. The predicted molar refractivity (Wildman–Crippen MR) is 178 cm³/mol. The first-order chi connectivity index (χ1) is 21.8. The van der Waals surface area contributed by atoms with Crippen molar-refractivity contribution in [2.75, 3.05) is 32.9 Å². The third-order valence-corrected chi connectivity index (χ3v) is 10.2. The highest BCUT2D eigenvalue weighted by molar-refractivity contribution is 7.17. The van der Waals surface area contributed by atoms with Crippen molar-refractivity contribution in [3.63, 3.8) is 0 Å². The van der Waals surface area contributed by atoms with E-state index in [9.17, 15) is 9.18 Å². The molecule has 0 atom stereocenters. The van der Waals surface area contributed by atoms with Crippen molar-refractivity contribution in [1.29, 1.82) is 0 Å². The van der Waals surface area contributed by atoms with Crippen LogP contribution < -0.4 is 15.4 Å². The van der Waals surface area contributed by atoms with Crippen molar-refractivity contribution < 1.29 is 18.7 Å². The third-order valence-electron chi connectivity index (χ3n) is 9.30. The van der Waals surface area contributed by atoms with E-state index in [1.54, 1.807) is 17.4 Å². The van der Waals surface area contributed by atoms with Crippen molar-refractivity contribution in [3.05, 3.63) is 64.8 Å². The Morgan fingerprint density at radius 2 is 1.82 bits per heavy atom. The Bertz CT molecular complexity index is 1640. The lowest BCUT2D eigenvalue weighted by Gasteiger charge is -2.36. The number of halogens is 1. The molecule has 1 fully saturated rings. The molecular formula is C36H43FN4O3S. The van der Waals surface area contributed by atoms with Crippen molar-refractivity contribution in [3.8, 4) is 28.3 Å². The minimum atomic E-state index is -0.385. The smallest absolute Gasteiger partial charge is 0.223 e. The van der Waals surface area contributed by atoms with Crippen LogP contribution in [-0.2, 0) is 22.5 Å². The van der Waals surface area contributed by atoms with Gasteiger partial charge in [0.25, 0.3) is 0 Å². The second-order valence-corrected chi connectivity index (χ2v) is 14.2. The lowest BCUT2D eigenvalue weighted by atomic mass is 9.70. The van der Waals surface area contributed by atoms with E-state index in [2.05, 4.69) is 65.9 Å². The van der Waals surface area contributed by atoms with Crippen LogP contribution in [0, 0.1) is 23.1 Å². The van der Waals surface area contributed by atoms with Crippen LogP contribution >= 0.6 is 11.3 Å². The summed E-state index contributed by atoms with van der Waals surface area (Å²) in [6.07, 6.45) is 5.12. The van der Waals surface area contributed by atoms with Crippen molar-refractivity contribution >= 4 is 27.3 Å². The highest BCUT2D eigenvalue weighted by atomic mass is 32.1. The normalized spacial score (nSPS) is 18.5. The zero-order valence-corrected chi connectivity index (χ0v) is 27.3. The van der Waals surface area contributed by atoms with Gasteiger partial charge in [0.2, 0.25) is 5.91 Å². The predicted octanol–water partition coefficient (Wildman–Crippen LogP) is 7.17. The summed E-state index contributed by atoms with van der Waals surface area (Å²) in [6.45, 7) is 10.1. The zero-order chi connectivity index (χ0) is 31.4. The summed E-state index contributed by atoms with van der Waals surface area (Å²) < 4.78 is 27.1. The lowest BCUT2D eigenvalue weighted by molar-refractivity contribution is -0.126. The summed E-state index contributed by atoms with van der Waals surface area (Å²) in [5.74, 6) is 0.924. The minimum Gasteiger partial charge on any atom is -0.490 e. The fourth-order valence-electron chi connectivity index (χ4n) is 6.63. The second-order valence-electron chi connectivity index (χ2n) is 13.3. The van der Waals surface area contributed by atoms with Gasteiger partial charge in [-0.3, -0.25) is 4.79 Å². The first kappa shape index (κ1) is 31.6. The van der Waals surface area contributed by atoms with E-state index in [1.807, 2.05) is 5.38 Å². The Labute approximate surface area is 268 Å². The molecule has 1 aliphatic heterocycles. The van der Waals surface area contributed by atoms with Gasteiger partial charge in [-0.15, -0.1) is 21.5 Å². The number of nitrogens with zero attached hydrogens (tertiary/aromatic N) is 2. The number of thiophene rings is 1. The van der Waals surface area contributed by atoms with Gasteiger partial charge in [0.1, 0.15) is 29.6 Å². The number of hydrogen-bond acceptors (Lipinski definition) is 7. The molecule has 0 radical (unpaired) electrons. The minimum absolute atomic E-state index is 0.0980. The van der Waals surface area contributed by atoms with E-state index >= 15 is 0 Å². The summed E-state index contributed by atoms with van der Waals surface area (Å²) in [4.78, 5) is 12.6. The molecule has 0 bridgehead atoms. The Morgan fingerprint density at radius 1 is 1.00 bits per heavy atom. The van der Waals surface area contributed by atoms with Crippen LogP contribution in [-0.4, -0.2) is 49.0 Å². The van der Waals surface area contributed by atoms with Gasteiger partial charge in [0.05, 0.1) is 17.9 Å². The van der Waals surface area contributed by atoms with Crippen LogP contribution in [0.4, 0.5) is 4.39 Å². The fraction of sp³-hybridized carbons (Fsp3) is 0.472. The van der Waals surface area contributed by atoms with Gasteiger partial charge < -0.3 is 20.1 Å². The molecule has 2 aliphatic rings. The van der Waals surface area contributed by atoms with Crippen LogP contribution in [0.25, 0.3) is 32.6 Å². The van der Waals surface area contributed by atoms with Gasteiger partial charge >= 0.3 is 0 Å². The first-order valence-corrected chi connectivity index (χ1v) is 17.0. The van der Waals surface area contributed by atoms with E-state index < -0.39 is 0 Å². The Balaban J connectivity index is 1.04. The molecule has 9 heteroatoms. The molecule has 2 N–H and O–H groups in total. The molecule has 6 rings (SSSR count). The number of carbonyl (C=O) groups excluding carboxylic acids is 1. The van der Waals surface area contributed by atoms with E-state index in [0.717, 1.165) is 66.5 Å². The van der Waals surface area contributed by atoms with Crippen LogP contribution in [0.15, 0.2) is 47.8 Å². The van der Waals surface area contributed by atoms with E-state index in [1.165, 1.54) is 23.3 Å². The van der Waals surface area contributed by atoms with E-state index in [0.29, 0.717) is 48.1 Å². The molecule has 0 unspecified atom stereocenters. The van der Waals surface area contributed by atoms with Gasteiger partial charge in [-0.1, -0.05) is 32.9 Å². The number of carbonyl (C=O) groups is 1. The molecule has 7 nitrogen and oxygen atoms in total. The number of ether oxygens (including phenoxy) is 2. The first-order valence-electron chi connectivity index (χ1n) is 16.1. The quantitative estimate of drug-likeness (QED) is 0.181. The van der Waals surface area contributed by atoms with Crippen LogP contribution in [0.3, 0.4) is 0 Å². The number of rotatable bonds is 10. The van der Waals surface area contributed by atoms with Crippen molar-refractivity contribution in [2.45, 2.75) is 59.4 Å². The number of fused-ring (bicyclic) bond motifs is 2.